The second-order valence-electron chi connectivity index (χ2n) is 5.54. The highest BCUT2D eigenvalue weighted by Gasteiger charge is 2.26. The summed E-state index contributed by atoms with van der Waals surface area (Å²) in [7, 11) is 0. The van der Waals surface area contributed by atoms with Crippen LogP contribution >= 0.6 is 0 Å². The second kappa shape index (κ2) is 6.04. The van der Waals surface area contributed by atoms with Crippen LogP contribution in [-0.4, -0.2) is 34.4 Å². The smallest absolute Gasteiger partial charge is 0.257 e. The number of amides is 1. The van der Waals surface area contributed by atoms with E-state index < -0.39 is 0 Å². The first-order chi connectivity index (χ1) is 9.09. The molecule has 0 radical (unpaired) electrons. The third kappa shape index (κ3) is 3.25. The van der Waals surface area contributed by atoms with E-state index >= 15 is 0 Å². The highest BCUT2D eigenvalue weighted by molar-refractivity contribution is 5.99. The number of carbonyl (C=O) groups is 1. The molecule has 1 saturated heterocycles. The summed E-state index contributed by atoms with van der Waals surface area (Å²) in [5.74, 6) is 0.795. The number of nitrogens with zero attached hydrogens (tertiary/aromatic N) is 2. The molecule has 1 aromatic heterocycles. The molecule has 1 atom stereocenters. The molecule has 1 aromatic rings. The molecule has 1 N–H and O–H groups in total. The molecule has 1 amide bonds. The number of carbonyl (C=O) groups excluding carboxylic acids is 1. The van der Waals surface area contributed by atoms with Crippen LogP contribution in [0.2, 0.25) is 0 Å². The highest BCUT2D eigenvalue weighted by atomic mass is 16.2. The third-order valence-corrected chi connectivity index (χ3v) is 3.53. The molecule has 4 heteroatoms. The van der Waals surface area contributed by atoms with Crippen LogP contribution in [0.5, 0.6) is 0 Å². The van der Waals surface area contributed by atoms with E-state index in [2.05, 4.69) is 17.2 Å². The Morgan fingerprint density at radius 2 is 2.26 bits per heavy atom. The van der Waals surface area contributed by atoms with Gasteiger partial charge in [0.25, 0.3) is 5.91 Å². The number of hydrogen-bond acceptors (Lipinski definition) is 3. The minimum Gasteiger partial charge on any atom is -0.367 e. The first-order valence-corrected chi connectivity index (χ1v) is 7.12. The average Bonchev–Trinajstić information content (AvgIpc) is 2.38. The second-order valence-corrected chi connectivity index (χ2v) is 5.54. The SMILES string of the molecule is CC(C)Nc1ncccc1C(=O)N1CCCCC1C. The van der Waals surface area contributed by atoms with E-state index in [9.17, 15) is 4.79 Å². The predicted octanol–water partition coefficient (Wildman–Crippen LogP) is 2.92. The molecule has 104 valence electrons. The number of piperidine rings is 1. The third-order valence-electron chi connectivity index (χ3n) is 3.53. The Hall–Kier alpha value is -1.58. The van der Waals surface area contributed by atoms with Crippen LogP contribution in [0.25, 0.3) is 0 Å². The van der Waals surface area contributed by atoms with E-state index in [1.807, 2.05) is 30.9 Å². The van der Waals surface area contributed by atoms with E-state index in [0.29, 0.717) is 17.4 Å². The molecular formula is C15H23N3O. The molecule has 0 aliphatic carbocycles. The Balaban J connectivity index is 2.22. The van der Waals surface area contributed by atoms with Crippen LogP contribution in [0.15, 0.2) is 18.3 Å². The molecule has 2 heterocycles. The maximum atomic E-state index is 12.7. The van der Waals surface area contributed by atoms with Gasteiger partial charge in [-0.05, 0) is 52.2 Å². The topological polar surface area (TPSA) is 45.2 Å². The summed E-state index contributed by atoms with van der Waals surface area (Å²) in [5, 5.41) is 3.25. The molecule has 1 aliphatic rings. The van der Waals surface area contributed by atoms with Gasteiger partial charge in [-0.1, -0.05) is 0 Å². The summed E-state index contributed by atoms with van der Waals surface area (Å²) >= 11 is 0. The van der Waals surface area contributed by atoms with Crippen LogP contribution in [-0.2, 0) is 0 Å². The number of anilines is 1. The van der Waals surface area contributed by atoms with Gasteiger partial charge in [0, 0.05) is 24.8 Å². The zero-order valence-corrected chi connectivity index (χ0v) is 12.0. The van der Waals surface area contributed by atoms with Crippen molar-refractivity contribution in [3.05, 3.63) is 23.9 Å². The van der Waals surface area contributed by atoms with Gasteiger partial charge in [0.1, 0.15) is 5.82 Å². The Morgan fingerprint density at radius 1 is 1.47 bits per heavy atom. The fourth-order valence-corrected chi connectivity index (χ4v) is 2.52. The fraction of sp³-hybridized carbons (Fsp3) is 0.600. The van der Waals surface area contributed by atoms with Crippen molar-refractivity contribution < 1.29 is 4.79 Å². The minimum absolute atomic E-state index is 0.100. The van der Waals surface area contributed by atoms with Gasteiger partial charge in [0.05, 0.1) is 5.56 Å². The largest absolute Gasteiger partial charge is 0.367 e. The first-order valence-electron chi connectivity index (χ1n) is 7.12. The molecule has 2 rings (SSSR count). The van der Waals surface area contributed by atoms with Crippen LogP contribution in [0, 0.1) is 0 Å². The summed E-state index contributed by atoms with van der Waals surface area (Å²) < 4.78 is 0. The Morgan fingerprint density at radius 3 is 2.95 bits per heavy atom. The summed E-state index contributed by atoms with van der Waals surface area (Å²) in [4.78, 5) is 18.9. The van der Waals surface area contributed by atoms with Crippen LogP contribution in [0.3, 0.4) is 0 Å². The molecule has 0 bridgehead atoms. The van der Waals surface area contributed by atoms with Crippen LogP contribution in [0.1, 0.15) is 50.4 Å². The number of hydrogen-bond donors (Lipinski definition) is 1. The maximum absolute atomic E-state index is 12.7. The zero-order valence-electron chi connectivity index (χ0n) is 12.0. The number of rotatable bonds is 3. The lowest BCUT2D eigenvalue weighted by Gasteiger charge is -2.33. The molecule has 1 aliphatic heterocycles. The standard InChI is InChI=1S/C15H23N3O/c1-11(2)17-14-13(8-6-9-16-14)15(19)18-10-5-4-7-12(18)3/h6,8-9,11-12H,4-5,7,10H2,1-3H3,(H,16,17). The number of pyridine rings is 1. The van der Waals surface area contributed by atoms with E-state index in [4.69, 9.17) is 0 Å². The van der Waals surface area contributed by atoms with Crippen molar-refractivity contribution in [2.24, 2.45) is 0 Å². The predicted molar refractivity (Wildman–Crippen MR) is 77.3 cm³/mol. The van der Waals surface area contributed by atoms with E-state index in [-0.39, 0.29) is 11.9 Å². The Kier molecular flexibility index (Phi) is 4.40. The molecule has 19 heavy (non-hydrogen) atoms. The lowest BCUT2D eigenvalue weighted by Crippen LogP contribution is -2.42. The summed E-state index contributed by atoms with van der Waals surface area (Å²) in [6, 6.07) is 4.28. The molecule has 0 saturated carbocycles. The molecular weight excluding hydrogens is 238 g/mol. The zero-order chi connectivity index (χ0) is 13.8. The number of aromatic nitrogens is 1. The van der Waals surface area contributed by atoms with Gasteiger partial charge in [-0.2, -0.15) is 0 Å². The lowest BCUT2D eigenvalue weighted by molar-refractivity contribution is 0.0636. The number of likely N-dealkylation sites (tertiary alicyclic amines) is 1. The van der Waals surface area contributed by atoms with Gasteiger partial charge in [-0.25, -0.2) is 4.98 Å². The van der Waals surface area contributed by atoms with Crippen LogP contribution in [0.4, 0.5) is 5.82 Å². The first kappa shape index (κ1) is 13.8. The highest BCUT2D eigenvalue weighted by Crippen LogP contribution is 2.22. The maximum Gasteiger partial charge on any atom is 0.257 e. The van der Waals surface area contributed by atoms with E-state index in [1.165, 1.54) is 6.42 Å². The van der Waals surface area contributed by atoms with Crippen molar-refractivity contribution in [1.82, 2.24) is 9.88 Å². The molecule has 1 unspecified atom stereocenters. The van der Waals surface area contributed by atoms with Crippen LogP contribution < -0.4 is 5.32 Å². The van der Waals surface area contributed by atoms with Gasteiger partial charge < -0.3 is 10.2 Å². The summed E-state index contributed by atoms with van der Waals surface area (Å²) in [5.41, 5.74) is 0.685. The van der Waals surface area contributed by atoms with Crippen molar-refractivity contribution in [1.29, 1.82) is 0 Å². The molecule has 0 aromatic carbocycles. The monoisotopic (exact) mass is 261 g/mol. The van der Waals surface area contributed by atoms with Gasteiger partial charge in [0.2, 0.25) is 0 Å². The quantitative estimate of drug-likeness (QED) is 0.910. The molecule has 4 nitrogen and oxygen atoms in total. The van der Waals surface area contributed by atoms with Crippen molar-refractivity contribution >= 4 is 11.7 Å². The van der Waals surface area contributed by atoms with Gasteiger partial charge in [-0.3, -0.25) is 4.79 Å². The Labute approximate surface area is 115 Å². The molecule has 0 spiro atoms. The normalized spacial score (nSPS) is 19.6. The summed E-state index contributed by atoms with van der Waals surface area (Å²) in [6.45, 7) is 7.08. The van der Waals surface area contributed by atoms with Crippen molar-refractivity contribution in [3.8, 4) is 0 Å². The van der Waals surface area contributed by atoms with Crippen molar-refractivity contribution in [3.63, 3.8) is 0 Å². The number of nitrogens with one attached hydrogen (secondary N) is 1. The average molecular weight is 261 g/mol. The lowest BCUT2D eigenvalue weighted by atomic mass is 10.0. The van der Waals surface area contributed by atoms with Gasteiger partial charge >= 0.3 is 0 Å². The van der Waals surface area contributed by atoms with Crippen molar-refractivity contribution in [2.75, 3.05) is 11.9 Å². The molecule has 1 fully saturated rings. The Bertz CT molecular complexity index is 445. The minimum atomic E-state index is 0.100. The van der Waals surface area contributed by atoms with E-state index in [1.54, 1.807) is 6.20 Å². The van der Waals surface area contributed by atoms with Crippen molar-refractivity contribution in [2.45, 2.75) is 52.1 Å². The summed E-state index contributed by atoms with van der Waals surface area (Å²) in [6.07, 6.45) is 5.14. The van der Waals surface area contributed by atoms with Gasteiger partial charge in [-0.15, -0.1) is 0 Å². The van der Waals surface area contributed by atoms with Gasteiger partial charge in [0.15, 0.2) is 0 Å². The fourth-order valence-electron chi connectivity index (χ4n) is 2.52. The van der Waals surface area contributed by atoms with E-state index in [0.717, 1.165) is 19.4 Å².